The van der Waals surface area contributed by atoms with E-state index in [1.807, 2.05) is 35.2 Å². The first-order valence-electron chi connectivity index (χ1n) is 9.39. The largest absolute Gasteiger partial charge is 0.368 e. The summed E-state index contributed by atoms with van der Waals surface area (Å²) in [4.78, 5) is 30.5. The fourth-order valence-electron chi connectivity index (χ4n) is 3.50. The van der Waals surface area contributed by atoms with Gasteiger partial charge >= 0.3 is 0 Å². The van der Waals surface area contributed by atoms with Crippen LogP contribution in [0.25, 0.3) is 0 Å². The van der Waals surface area contributed by atoms with E-state index < -0.39 is 0 Å². The molecule has 0 atom stereocenters. The summed E-state index contributed by atoms with van der Waals surface area (Å²) in [5.41, 5.74) is 4.58. The lowest BCUT2D eigenvalue weighted by molar-refractivity contribution is -0.131. The summed E-state index contributed by atoms with van der Waals surface area (Å²) in [6, 6.07) is 15.7. The van der Waals surface area contributed by atoms with Gasteiger partial charge in [-0.1, -0.05) is 30.3 Å². The maximum Gasteiger partial charge on any atom is 0.242 e. The quantitative estimate of drug-likeness (QED) is 0.837. The SMILES string of the molecule is CC(=O)N(CC(=O)N1CCN(c2cccc(C)c2C)CC1)c1ccccc1. The molecule has 0 spiro atoms. The van der Waals surface area contributed by atoms with E-state index >= 15 is 0 Å². The van der Waals surface area contributed by atoms with Gasteiger partial charge in [0.2, 0.25) is 11.8 Å². The molecule has 5 heteroatoms. The second-order valence-corrected chi connectivity index (χ2v) is 7.03. The first-order chi connectivity index (χ1) is 13.0. The minimum Gasteiger partial charge on any atom is -0.368 e. The van der Waals surface area contributed by atoms with Crippen molar-refractivity contribution in [1.29, 1.82) is 0 Å². The van der Waals surface area contributed by atoms with Gasteiger partial charge in [0.1, 0.15) is 6.54 Å². The lowest BCUT2D eigenvalue weighted by Gasteiger charge is -2.37. The number of aryl methyl sites for hydroxylation is 1. The summed E-state index contributed by atoms with van der Waals surface area (Å²) in [5.74, 6) is -0.127. The van der Waals surface area contributed by atoms with Gasteiger partial charge in [0.05, 0.1) is 0 Å². The summed E-state index contributed by atoms with van der Waals surface area (Å²) < 4.78 is 0. The molecule has 0 unspecified atom stereocenters. The monoisotopic (exact) mass is 365 g/mol. The number of amides is 2. The zero-order valence-electron chi connectivity index (χ0n) is 16.3. The lowest BCUT2D eigenvalue weighted by atomic mass is 10.1. The van der Waals surface area contributed by atoms with Crippen molar-refractivity contribution in [2.45, 2.75) is 20.8 Å². The highest BCUT2D eigenvalue weighted by molar-refractivity contribution is 5.97. The Hall–Kier alpha value is -2.82. The molecule has 0 N–H and O–H groups in total. The molecule has 1 saturated heterocycles. The molecule has 3 rings (SSSR count). The van der Waals surface area contributed by atoms with Crippen molar-refractivity contribution in [1.82, 2.24) is 4.90 Å². The second-order valence-electron chi connectivity index (χ2n) is 7.03. The van der Waals surface area contributed by atoms with E-state index in [-0.39, 0.29) is 18.4 Å². The molecular formula is C22H27N3O2. The van der Waals surface area contributed by atoms with Crippen LogP contribution in [0.2, 0.25) is 0 Å². The van der Waals surface area contributed by atoms with Crippen LogP contribution in [0.5, 0.6) is 0 Å². The molecule has 0 saturated carbocycles. The molecule has 2 amide bonds. The molecule has 0 radical (unpaired) electrons. The van der Waals surface area contributed by atoms with Crippen molar-refractivity contribution >= 4 is 23.2 Å². The number of nitrogens with zero attached hydrogens (tertiary/aromatic N) is 3. The van der Waals surface area contributed by atoms with E-state index in [1.165, 1.54) is 23.7 Å². The molecule has 142 valence electrons. The van der Waals surface area contributed by atoms with E-state index in [2.05, 4.69) is 36.9 Å². The maximum atomic E-state index is 12.8. The number of rotatable bonds is 4. The summed E-state index contributed by atoms with van der Waals surface area (Å²) in [6.07, 6.45) is 0. The van der Waals surface area contributed by atoms with Crippen molar-refractivity contribution in [2.75, 3.05) is 42.5 Å². The molecule has 1 heterocycles. The van der Waals surface area contributed by atoms with Crippen LogP contribution in [0.4, 0.5) is 11.4 Å². The van der Waals surface area contributed by atoms with Gasteiger partial charge in [-0.05, 0) is 43.2 Å². The third-order valence-electron chi connectivity index (χ3n) is 5.29. The number of hydrogen-bond donors (Lipinski definition) is 0. The van der Waals surface area contributed by atoms with Crippen LogP contribution in [0.15, 0.2) is 48.5 Å². The number of piperazine rings is 1. The highest BCUT2D eigenvalue weighted by Gasteiger charge is 2.25. The van der Waals surface area contributed by atoms with Gasteiger partial charge in [0.25, 0.3) is 0 Å². The van der Waals surface area contributed by atoms with Crippen LogP contribution in [-0.2, 0) is 9.59 Å². The molecule has 1 aliphatic rings. The Bertz CT molecular complexity index is 812. The molecule has 1 aliphatic heterocycles. The standard InChI is InChI=1S/C22H27N3O2/c1-17-8-7-11-21(18(17)2)23-12-14-24(15-13-23)22(27)16-25(19(3)26)20-9-5-4-6-10-20/h4-11H,12-16H2,1-3H3. The van der Waals surface area contributed by atoms with Crippen LogP contribution in [0, 0.1) is 13.8 Å². The third-order valence-corrected chi connectivity index (χ3v) is 5.29. The van der Waals surface area contributed by atoms with Gasteiger partial charge in [0, 0.05) is 44.5 Å². The first kappa shape index (κ1) is 19.0. The molecule has 0 aliphatic carbocycles. The first-order valence-corrected chi connectivity index (χ1v) is 9.39. The number of hydrogen-bond acceptors (Lipinski definition) is 3. The minimum atomic E-state index is -0.122. The minimum absolute atomic E-state index is 0.00494. The highest BCUT2D eigenvalue weighted by Crippen LogP contribution is 2.24. The van der Waals surface area contributed by atoms with E-state index in [0.717, 1.165) is 18.8 Å². The molecule has 0 bridgehead atoms. The highest BCUT2D eigenvalue weighted by atomic mass is 16.2. The van der Waals surface area contributed by atoms with Gasteiger partial charge < -0.3 is 14.7 Å². The van der Waals surface area contributed by atoms with E-state index in [1.54, 1.807) is 4.90 Å². The third kappa shape index (κ3) is 4.30. The Kier molecular flexibility index (Phi) is 5.79. The molecule has 0 aromatic heterocycles. The normalized spacial score (nSPS) is 14.2. The number of anilines is 2. The average Bonchev–Trinajstić information content (AvgIpc) is 2.68. The molecule has 27 heavy (non-hydrogen) atoms. The van der Waals surface area contributed by atoms with Crippen molar-refractivity contribution in [2.24, 2.45) is 0 Å². The Morgan fingerprint density at radius 3 is 2.22 bits per heavy atom. The van der Waals surface area contributed by atoms with E-state index in [0.29, 0.717) is 13.1 Å². The van der Waals surface area contributed by atoms with Crippen molar-refractivity contribution in [3.05, 3.63) is 59.7 Å². The Morgan fingerprint density at radius 1 is 0.926 bits per heavy atom. The summed E-state index contributed by atoms with van der Waals surface area (Å²) in [7, 11) is 0. The smallest absolute Gasteiger partial charge is 0.242 e. The predicted molar refractivity (Wildman–Crippen MR) is 109 cm³/mol. The fourth-order valence-corrected chi connectivity index (χ4v) is 3.50. The Balaban J connectivity index is 1.63. The van der Waals surface area contributed by atoms with Crippen LogP contribution >= 0.6 is 0 Å². The van der Waals surface area contributed by atoms with Crippen molar-refractivity contribution in [3.63, 3.8) is 0 Å². The summed E-state index contributed by atoms with van der Waals surface area (Å²) in [5, 5.41) is 0. The van der Waals surface area contributed by atoms with E-state index in [4.69, 9.17) is 0 Å². The molecule has 2 aromatic rings. The van der Waals surface area contributed by atoms with Gasteiger partial charge in [-0.3, -0.25) is 9.59 Å². The molecule has 1 fully saturated rings. The van der Waals surface area contributed by atoms with Crippen LogP contribution in [0.3, 0.4) is 0 Å². The van der Waals surface area contributed by atoms with E-state index in [9.17, 15) is 9.59 Å². The predicted octanol–water partition coefficient (Wildman–Crippen LogP) is 3.01. The number of carbonyl (C=O) groups excluding carboxylic acids is 2. The lowest BCUT2D eigenvalue weighted by Crippen LogP contribution is -2.52. The van der Waals surface area contributed by atoms with Gasteiger partial charge in [-0.25, -0.2) is 0 Å². The number of para-hydroxylation sites is 1. The topological polar surface area (TPSA) is 43.9 Å². The van der Waals surface area contributed by atoms with Crippen LogP contribution in [-0.4, -0.2) is 49.4 Å². The van der Waals surface area contributed by atoms with Gasteiger partial charge in [-0.15, -0.1) is 0 Å². The second kappa shape index (κ2) is 8.25. The Labute approximate surface area is 161 Å². The summed E-state index contributed by atoms with van der Waals surface area (Å²) in [6.45, 7) is 8.81. The van der Waals surface area contributed by atoms with Crippen molar-refractivity contribution in [3.8, 4) is 0 Å². The molecular weight excluding hydrogens is 338 g/mol. The zero-order valence-corrected chi connectivity index (χ0v) is 16.3. The molecule has 5 nitrogen and oxygen atoms in total. The Morgan fingerprint density at radius 2 is 1.59 bits per heavy atom. The summed E-state index contributed by atoms with van der Waals surface area (Å²) >= 11 is 0. The fraction of sp³-hybridized carbons (Fsp3) is 0.364. The maximum absolute atomic E-state index is 12.8. The number of benzene rings is 2. The zero-order chi connectivity index (χ0) is 19.4. The average molecular weight is 365 g/mol. The van der Waals surface area contributed by atoms with Gasteiger partial charge in [-0.2, -0.15) is 0 Å². The molecule has 2 aromatic carbocycles. The van der Waals surface area contributed by atoms with Crippen molar-refractivity contribution < 1.29 is 9.59 Å². The van der Waals surface area contributed by atoms with Gasteiger partial charge in [0.15, 0.2) is 0 Å². The van der Waals surface area contributed by atoms with Crippen LogP contribution < -0.4 is 9.80 Å². The number of carbonyl (C=O) groups is 2. The van der Waals surface area contributed by atoms with Crippen LogP contribution in [0.1, 0.15) is 18.1 Å².